The predicted molar refractivity (Wildman–Crippen MR) is 117 cm³/mol. The molecule has 0 saturated heterocycles. The second kappa shape index (κ2) is 6.91. The molecule has 2 saturated carbocycles. The van der Waals surface area contributed by atoms with Gasteiger partial charge in [0.2, 0.25) is 0 Å². The zero-order valence-corrected chi connectivity index (χ0v) is 18.1. The van der Waals surface area contributed by atoms with Gasteiger partial charge in [0, 0.05) is 22.7 Å². The highest BCUT2D eigenvalue weighted by Crippen LogP contribution is 2.68. The maximum atomic E-state index is 14.4. The van der Waals surface area contributed by atoms with Gasteiger partial charge in [0.1, 0.15) is 11.6 Å². The van der Waals surface area contributed by atoms with Crippen LogP contribution in [0.2, 0.25) is 0 Å². The van der Waals surface area contributed by atoms with Crippen molar-refractivity contribution in [2.45, 2.75) is 58.3 Å². The smallest absolute Gasteiger partial charge is 0.307 e. The van der Waals surface area contributed by atoms with Crippen LogP contribution in [0.3, 0.4) is 0 Å². The van der Waals surface area contributed by atoms with E-state index in [1.165, 1.54) is 12.1 Å². The van der Waals surface area contributed by atoms with Crippen molar-refractivity contribution in [1.82, 2.24) is 4.57 Å². The number of aliphatic carboxylic acids is 1. The first-order chi connectivity index (χ1) is 14.7. The Morgan fingerprint density at radius 3 is 2.48 bits per heavy atom. The minimum atomic E-state index is -0.771. The molecule has 5 heteroatoms. The lowest BCUT2D eigenvalue weighted by Crippen LogP contribution is -2.53. The number of aryl methyl sites for hydroxylation is 1. The Bertz CT molecular complexity index is 1210. The summed E-state index contributed by atoms with van der Waals surface area (Å²) in [5, 5.41) is 10.7. The number of benzene rings is 2. The number of hydrogen-bond donors (Lipinski definition) is 1. The van der Waals surface area contributed by atoms with E-state index in [1.54, 1.807) is 25.1 Å². The molecule has 1 aromatic heterocycles. The highest BCUT2D eigenvalue weighted by Gasteiger charge is 2.60. The van der Waals surface area contributed by atoms with Crippen LogP contribution in [-0.2, 0) is 4.79 Å². The fourth-order valence-corrected chi connectivity index (χ4v) is 6.08. The molecule has 0 amide bonds. The maximum Gasteiger partial charge on any atom is 0.307 e. The molecule has 162 valence electrons. The van der Waals surface area contributed by atoms with Gasteiger partial charge in [-0.1, -0.05) is 20.3 Å². The van der Waals surface area contributed by atoms with E-state index in [0.717, 1.165) is 47.1 Å². The first-order valence-corrected chi connectivity index (χ1v) is 11.1. The number of fused-ring (bicyclic) bond motifs is 1. The Morgan fingerprint density at radius 2 is 1.90 bits per heavy atom. The van der Waals surface area contributed by atoms with E-state index >= 15 is 0 Å². The largest absolute Gasteiger partial charge is 0.481 e. The van der Waals surface area contributed by atoms with Crippen LogP contribution in [0.25, 0.3) is 16.6 Å². The van der Waals surface area contributed by atoms with Crippen LogP contribution < -0.4 is 0 Å². The fraction of sp³-hybridized carbons (Fsp3) is 0.423. The van der Waals surface area contributed by atoms with E-state index in [4.69, 9.17) is 0 Å². The number of aromatic nitrogens is 1. The molecule has 2 aliphatic rings. The van der Waals surface area contributed by atoms with Gasteiger partial charge in [-0.2, -0.15) is 0 Å². The quantitative estimate of drug-likeness (QED) is 0.507. The van der Waals surface area contributed by atoms with Crippen LogP contribution in [0.1, 0.15) is 68.2 Å². The van der Waals surface area contributed by atoms with Gasteiger partial charge in [-0.05, 0) is 85.0 Å². The normalized spacial score (nSPS) is 22.0. The standard InChI is InChI=1S/C26H27F2NO2/c1-14(2)24-22(23-19(25(30)31)13-26(23)9-4-10-26)18-12-16(27)5-8-21(18)29(24)17-6-7-20(28)15(3)11-17/h5-8,11-12,14,19,23H,4,9-10,13H2,1-3H3,(H,30,31). The molecular weight excluding hydrogens is 396 g/mol. The van der Waals surface area contributed by atoms with Gasteiger partial charge in [-0.15, -0.1) is 0 Å². The van der Waals surface area contributed by atoms with Gasteiger partial charge >= 0.3 is 5.97 Å². The molecule has 2 aromatic carbocycles. The number of hydrogen-bond acceptors (Lipinski definition) is 1. The minimum absolute atomic E-state index is 0.0108. The number of halogens is 2. The summed E-state index contributed by atoms with van der Waals surface area (Å²) in [6.45, 7) is 5.90. The van der Waals surface area contributed by atoms with Gasteiger partial charge in [-0.25, -0.2) is 8.78 Å². The predicted octanol–water partition coefficient (Wildman–Crippen LogP) is 6.70. The Labute approximate surface area is 180 Å². The van der Waals surface area contributed by atoms with Crippen LogP contribution in [0.4, 0.5) is 8.78 Å². The molecule has 1 heterocycles. The summed E-state index contributed by atoms with van der Waals surface area (Å²) in [6.07, 6.45) is 3.86. The second-order valence-corrected chi connectivity index (χ2v) is 9.73. The molecule has 1 spiro atoms. The van der Waals surface area contributed by atoms with E-state index in [2.05, 4.69) is 18.4 Å². The van der Waals surface area contributed by atoms with Gasteiger partial charge < -0.3 is 9.67 Å². The van der Waals surface area contributed by atoms with Crippen molar-refractivity contribution in [3.63, 3.8) is 0 Å². The number of carboxylic acid groups (broad SMARTS) is 1. The van der Waals surface area contributed by atoms with Gasteiger partial charge in [-0.3, -0.25) is 4.79 Å². The van der Waals surface area contributed by atoms with E-state index in [1.807, 2.05) is 6.07 Å². The third-order valence-corrected chi connectivity index (χ3v) is 7.62. The van der Waals surface area contributed by atoms with Crippen molar-refractivity contribution in [2.24, 2.45) is 11.3 Å². The molecule has 2 unspecified atom stereocenters. The summed E-state index contributed by atoms with van der Waals surface area (Å²) in [6, 6.07) is 9.77. The molecular formula is C26H27F2NO2. The molecule has 0 aliphatic heterocycles. The Balaban J connectivity index is 1.84. The molecule has 0 bridgehead atoms. The Kier molecular flexibility index (Phi) is 4.51. The lowest BCUT2D eigenvalue weighted by Gasteiger charge is -2.59. The molecule has 3 aromatic rings. The molecule has 0 radical (unpaired) electrons. The minimum Gasteiger partial charge on any atom is -0.481 e. The zero-order valence-electron chi connectivity index (χ0n) is 18.1. The van der Waals surface area contributed by atoms with Crippen molar-refractivity contribution >= 4 is 16.9 Å². The highest BCUT2D eigenvalue weighted by molar-refractivity contribution is 5.90. The average Bonchev–Trinajstić information content (AvgIpc) is 2.96. The van der Waals surface area contributed by atoms with Gasteiger partial charge in [0.15, 0.2) is 0 Å². The van der Waals surface area contributed by atoms with Crippen molar-refractivity contribution < 1.29 is 18.7 Å². The summed E-state index contributed by atoms with van der Waals surface area (Å²) >= 11 is 0. The first-order valence-electron chi connectivity index (χ1n) is 11.1. The van der Waals surface area contributed by atoms with Gasteiger partial charge in [0.25, 0.3) is 0 Å². The summed E-state index contributed by atoms with van der Waals surface area (Å²) in [4.78, 5) is 12.1. The van der Waals surface area contributed by atoms with Gasteiger partial charge in [0.05, 0.1) is 11.4 Å². The number of carbonyl (C=O) groups is 1. The van der Waals surface area contributed by atoms with Crippen LogP contribution >= 0.6 is 0 Å². The topological polar surface area (TPSA) is 42.2 Å². The van der Waals surface area contributed by atoms with Crippen LogP contribution in [0, 0.1) is 29.9 Å². The van der Waals surface area contributed by atoms with E-state index in [-0.39, 0.29) is 28.9 Å². The maximum absolute atomic E-state index is 14.4. The molecule has 31 heavy (non-hydrogen) atoms. The van der Waals surface area contributed by atoms with Crippen molar-refractivity contribution in [1.29, 1.82) is 0 Å². The third-order valence-electron chi connectivity index (χ3n) is 7.62. The summed E-state index contributed by atoms with van der Waals surface area (Å²) in [5.74, 6) is -1.85. The van der Waals surface area contributed by atoms with Crippen molar-refractivity contribution in [3.8, 4) is 5.69 Å². The second-order valence-electron chi connectivity index (χ2n) is 9.73. The Hall–Kier alpha value is -2.69. The van der Waals surface area contributed by atoms with Crippen molar-refractivity contribution in [3.05, 3.63) is 64.9 Å². The molecule has 3 nitrogen and oxygen atoms in total. The number of rotatable bonds is 4. The summed E-state index contributed by atoms with van der Waals surface area (Å²) in [7, 11) is 0. The first kappa shape index (κ1) is 20.2. The van der Waals surface area contributed by atoms with Crippen LogP contribution in [0.5, 0.6) is 0 Å². The Morgan fingerprint density at radius 1 is 1.16 bits per heavy atom. The summed E-state index contributed by atoms with van der Waals surface area (Å²) < 4.78 is 30.5. The SMILES string of the molecule is Cc1cc(-n2c(C(C)C)c(C3C(C(=O)O)CC34CCC4)c3cc(F)ccc32)ccc1F. The monoisotopic (exact) mass is 423 g/mol. The highest BCUT2D eigenvalue weighted by atomic mass is 19.1. The average molecular weight is 424 g/mol. The van der Waals surface area contributed by atoms with E-state index in [0.29, 0.717) is 12.0 Å². The molecule has 1 N–H and O–H groups in total. The van der Waals surface area contributed by atoms with E-state index < -0.39 is 11.9 Å². The number of carboxylic acids is 1. The fourth-order valence-electron chi connectivity index (χ4n) is 6.08. The summed E-state index contributed by atoms with van der Waals surface area (Å²) in [5.41, 5.74) is 4.20. The number of nitrogens with zero attached hydrogens (tertiary/aromatic N) is 1. The lowest BCUT2D eigenvalue weighted by molar-refractivity contribution is -0.159. The van der Waals surface area contributed by atoms with Crippen LogP contribution in [-0.4, -0.2) is 15.6 Å². The molecule has 2 atom stereocenters. The molecule has 5 rings (SSSR count). The lowest BCUT2D eigenvalue weighted by atomic mass is 9.43. The third kappa shape index (κ3) is 2.85. The zero-order chi connectivity index (χ0) is 22.1. The van der Waals surface area contributed by atoms with E-state index in [9.17, 15) is 18.7 Å². The molecule has 2 fully saturated rings. The van der Waals surface area contributed by atoms with Crippen molar-refractivity contribution in [2.75, 3.05) is 0 Å². The molecule has 2 aliphatic carbocycles. The van der Waals surface area contributed by atoms with Crippen LogP contribution in [0.15, 0.2) is 36.4 Å².